The highest BCUT2D eigenvalue weighted by Gasteiger charge is 2.31. The minimum absolute atomic E-state index is 0.0488. The SMILES string of the molecule is CN(C1CCC(NCc2ccc3ncccc3c2)CC1)S(=O)(=O)c1ccc(Nc2nccc(Nc3ccc(F)cc3)n2)cc1. The molecule has 2 aromatic heterocycles. The Labute approximate surface area is 256 Å². The Balaban J connectivity index is 1.01. The Morgan fingerprint density at radius 1 is 0.841 bits per heavy atom. The second-order valence-corrected chi connectivity index (χ2v) is 13.0. The molecule has 0 bridgehead atoms. The Hall–Kier alpha value is -4.45. The van der Waals surface area contributed by atoms with Gasteiger partial charge in [0.15, 0.2) is 0 Å². The van der Waals surface area contributed by atoms with Crippen molar-refractivity contribution in [2.75, 3.05) is 17.7 Å². The third-order valence-corrected chi connectivity index (χ3v) is 9.96. The van der Waals surface area contributed by atoms with Gasteiger partial charge in [-0.05, 0) is 104 Å². The van der Waals surface area contributed by atoms with Crippen LogP contribution in [0.25, 0.3) is 10.9 Å². The molecule has 1 saturated carbocycles. The zero-order chi connectivity index (χ0) is 30.5. The van der Waals surface area contributed by atoms with Crippen LogP contribution < -0.4 is 16.0 Å². The molecule has 5 aromatic rings. The molecule has 0 saturated heterocycles. The summed E-state index contributed by atoms with van der Waals surface area (Å²) < 4.78 is 41.6. The van der Waals surface area contributed by atoms with Gasteiger partial charge < -0.3 is 16.0 Å². The smallest absolute Gasteiger partial charge is 0.243 e. The van der Waals surface area contributed by atoms with Crippen LogP contribution in [0.4, 0.5) is 27.5 Å². The quantitative estimate of drug-likeness (QED) is 0.167. The number of rotatable bonds is 10. The van der Waals surface area contributed by atoms with E-state index < -0.39 is 10.0 Å². The van der Waals surface area contributed by atoms with Crippen molar-refractivity contribution < 1.29 is 12.8 Å². The first-order valence-electron chi connectivity index (χ1n) is 14.6. The standard InChI is InChI=1S/C33H34FN7O2S/c1-41(29-13-9-26(10-14-29)37-22-23-4-17-31-24(21-23)3-2-19-35-31)44(42,43)30-15-11-28(12-16-30)39-33-36-20-18-32(40-33)38-27-7-5-25(34)6-8-27/h2-8,11-12,15-21,26,29,37H,9-10,13-14,22H2,1H3,(H2,36,38,39,40). The fraction of sp³-hybridized carbons (Fsp3) is 0.242. The highest BCUT2D eigenvalue weighted by molar-refractivity contribution is 7.89. The Kier molecular flexibility index (Phi) is 8.78. The number of benzene rings is 3. The maximum atomic E-state index is 13.5. The first kappa shape index (κ1) is 29.6. The lowest BCUT2D eigenvalue weighted by Crippen LogP contribution is -2.43. The summed E-state index contributed by atoms with van der Waals surface area (Å²) in [6.07, 6.45) is 6.83. The van der Waals surface area contributed by atoms with Crippen molar-refractivity contribution in [3.8, 4) is 0 Å². The van der Waals surface area contributed by atoms with Gasteiger partial charge in [0.2, 0.25) is 16.0 Å². The van der Waals surface area contributed by atoms with Crippen LogP contribution in [0.2, 0.25) is 0 Å². The summed E-state index contributed by atoms with van der Waals surface area (Å²) in [7, 11) is -1.98. The first-order chi connectivity index (χ1) is 21.3. The summed E-state index contributed by atoms with van der Waals surface area (Å²) in [4.78, 5) is 13.3. The van der Waals surface area contributed by atoms with E-state index in [9.17, 15) is 12.8 Å². The topological polar surface area (TPSA) is 112 Å². The molecule has 6 rings (SSSR count). The van der Waals surface area contributed by atoms with Crippen LogP contribution in [-0.2, 0) is 16.6 Å². The van der Waals surface area contributed by atoms with Crippen molar-refractivity contribution in [1.29, 1.82) is 0 Å². The van der Waals surface area contributed by atoms with Gasteiger partial charge in [0.25, 0.3) is 0 Å². The number of sulfonamides is 1. The molecule has 226 valence electrons. The lowest BCUT2D eigenvalue weighted by molar-refractivity contribution is 0.249. The Morgan fingerprint density at radius 3 is 2.34 bits per heavy atom. The number of halogens is 1. The summed E-state index contributed by atoms with van der Waals surface area (Å²) in [5.41, 5.74) is 3.55. The third kappa shape index (κ3) is 7.02. The molecule has 44 heavy (non-hydrogen) atoms. The van der Waals surface area contributed by atoms with Gasteiger partial charge in [-0.1, -0.05) is 12.1 Å². The number of pyridine rings is 1. The normalized spacial score (nSPS) is 17.1. The molecule has 0 radical (unpaired) electrons. The molecule has 0 amide bonds. The van der Waals surface area contributed by atoms with Gasteiger partial charge in [-0.25, -0.2) is 17.8 Å². The highest BCUT2D eigenvalue weighted by Crippen LogP contribution is 2.28. The number of anilines is 4. The van der Waals surface area contributed by atoms with Crippen molar-refractivity contribution in [2.45, 2.75) is 49.2 Å². The lowest BCUT2D eigenvalue weighted by atomic mass is 9.91. The van der Waals surface area contributed by atoms with Crippen molar-refractivity contribution in [3.05, 3.63) is 109 Å². The number of hydrogen-bond acceptors (Lipinski definition) is 8. The summed E-state index contributed by atoms with van der Waals surface area (Å²) >= 11 is 0. The van der Waals surface area contributed by atoms with Crippen LogP contribution in [-0.4, -0.2) is 46.8 Å². The number of nitrogens with zero attached hydrogens (tertiary/aromatic N) is 4. The van der Waals surface area contributed by atoms with Gasteiger partial charge in [0, 0.05) is 54.8 Å². The zero-order valence-corrected chi connectivity index (χ0v) is 25.1. The molecule has 1 fully saturated rings. The maximum absolute atomic E-state index is 13.5. The van der Waals surface area contributed by atoms with Crippen LogP contribution in [0.3, 0.4) is 0 Å². The molecule has 3 aromatic carbocycles. The summed E-state index contributed by atoms with van der Waals surface area (Å²) in [5.74, 6) is 0.558. The van der Waals surface area contributed by atoms with E-state index in [0.717, 1.165) is 43.1 Å². The summed E-state index contributed by atoms with van der Waals surface area (Å²) in [6.45, 7) is 0.773. The first-order valence-corrected chi connectivity index (χ1v) is 16.1. The van der Waals surface area contributed by atoms with E-state index in [0.29, 0.717) is 29.2 Å². The molecule has 11 heteroatoms. The minimum atomic E-state index is -3.65. The van der Waals surface area contributed by atoms with Gasteiger partial charge >= 0.3 is 0 Å². The van der Waals surface area contributed by atoms with Crippen molar-refractivity contribution in [1.82, 2.24) is 24.6 Å². The van der Waals surface area contributed by atoms with Gasteiger partial charge in [-0.3, -0.25) is 4.98 Å². The van der Waals surface area contributed by atoms with E-state index >= 15 is 0 Å². The van der Waals surface area contributed by atoms with Crippen molar-refractivity contribution in [2.24, 2.45) is 0 Å². The number of hydrogen-bond donors (Lipinski definition) is 3. The fourth-order valence-corrected chi connectivity index (χ4v) is 6.93. The molecule has 1 aliphatic rings. The number of fused-ring (bicyclic) bond motifs is 1. The van der Waals surface area contributed by atoms with Crippen LogP contribution in [0.1, 0.15) is 31.2 Å². The van der Waals surface area contributed by atoms with Gasteiger partial charge in [0.05, 0.1) is 10.4 Å². The van der Waals surface area contributed by atoms with E-state index in [4.69, 9.17) is 0 Å². The number of aromatic nitrogens is 3. The summed E-state index contributed by atoms with van der Waals surface area (Å²) in [5, 5.41) is 11.0. The van der Waals surface area contributed by atoms with Crippen LogP contribution in [0.5, 0.6) is 0 Å². The van der Waals surface area contributed by atoms with E-state index in [1.165, 1.54) is 22.0 Å². The van der Waals surface area contributed by atoms with Crippen LogP contribution in [0.15, 0.2) is 102 Å². The molecule has 0 aliphatic heterocycles. The highest BCUT2D eigenvalue weighted by atomic mass is 32.2. The van der Waals surface area contributed by atoms with E-state index in [1.807, 2.05) is 12.1 Å². The van der Waals surface area contributed by atoms with Crippen molar-refractivity contribution >= 4 is 44.1 Å². The zero-order valence-electron chi connectivity index (χ0n) is 24.3. The fourth-order valence-electron chi connectivity index (χ4n) is 5.51. The van der Waals surface area contributed by atoms with E-state index in [1.54, 1.807) is 61.9 Å². The predicted molar refractivity (Wildman–Crippen MR) is 171 cm³/mol. The molecular formula is C33H34FN7O2S. The Morgan fingerprint density at radius 2 is 1.57 bits per heavy atom. The minimum Gasteiger partial charge on any atom is -0.340 e. The molecule has 2 heterocycles. The predicted octanol–water partition coefficient (Wildman–Crippen LogP) is 6.37. The van der Waals surface area contributed by atoms with E-state index in [-0.39, 0.29) is 16.8 Å². The molecule has 0 spiro atoms. The second-order valence-electron chi connectivity index (χ2n) is 11.0. The average Bonchev–Trinajstić information content (AvgIpc) is 3.05. The third-order valence-electron chi connectivity index (χ3n) is 8.03. The molecule has 9 nitrogen and oxygen atoms in total. The molecule has 3 N–H and O–H groups in total. The summed E-state index contributed by atoms with van der Waals surface area (Å²) in [6, 6.07) is 24.9. The van der Waals surface area contributed by atoms with Gasteiger partial charge in [-0.15, -0.1) is 0 Å². The monoisotopic (exact) mass is 611 g/mol. The molecular weight excluding hydrogens is 577 g/mol. The lowest BCUT2D eigenvalue weighted by Gasteiger charge is -2.34. The molecule has 0 unspecified atom stereocenters. The van der Waals surface area contributed by atoms with Crippen LogP contribution >= 0.6 is 0 Å². The van der Waals surface area contributed by atoms with Gasteiger partial charge in [-0.2, -0.15) is 9.29 Å². The van der Waals surface area contributed by atoms with Crippen LogP contribution in [0, 0.1) is 5.82 Å². The molecule has 0 atom stereocenters. The Bertz CT molecular complexity index is 1830. The average molecular weight is 612 g/mol. The van der Waals surface area contributed by atoms with E-state index in [2.05, 4.69) is 49.1 Å². The second kappa shape index (κ2) is 13.0. The molecule has 1 aliphatic carbocycles. The van der Waals surface area contributed by atoms with Crippen molar-refractivity contribution in [3.63, 3.8) is 0 Å². The number of nitrogens with one attached hydrogen (secondary N) is 3. The largest absolute Gasteiger partial charge is 0.340 e. The van der Waals surface area contributed by atoms with Gasteiger partial charge in [0.1, 0.15) is 11.6 Å². The maximum Gasteiger partial charge on any atom is 0.243 e.